The quantitative estimate of drug-likeness (QED) is 0.219. The molecule has 1 aliphatic heterocycles. The van der Waals surface area contributed by atoms with Crippen molar-refractivity contribution in [1.29, 1.82) is 0 Å². The van der Waals surface area contributed by atoms with E-state index in [-0.39, 0.29) is 11.3 Å². The first-order chi connectivity index (χ1) is 16.0. The van der Waals surface area contributed by atoms with E-state index in [1.165, 1.54) is 16.2 Å². The lowest BCUT2D eigenvalue weighted by molar-refractivity contribution is -0.132. The molecule has 1 atom stereocenters. The smallest absolute Gasteiger partial charge is 0.301 e. The lowest BCUT2D eigenvalue weighted by Gasteiger charge is -2.23. The number of hydrogen-bond acceptors (Lipinski definition) is 5. The predicted molar refractivity (Wildman–Crippen MR) is 132 cm³/mol. The fraction of sp³-hybridized carbons (Fsp3) is 0.115. The van der Waals surface area contributed by atoms with Crippen LogP contribution in [0, 0.1) is 0 Å². The molecule has 1 aromatic heterocycles. The normalized spacial score (nSPS) is 17.8. The summed E-state index contributed by atoms with van der Waals surface area (Å²) in [6, 6.07) is 20.8. The zero-order valence-electron chi connectivity index (χ0n) is 17.7. The highest BCUT2D eigenvalue weighted by Gasteiger charge is 2.48. The Bertz CT molecular complexity index is 1410. The molecule has 7 heteroatoms. The third-order valence-electron chi connectivity index (χ3n) is 5.73. The van der Waals surface area contributed by atoms with Gasteiger partial charge in [-0.15, -0.1) is 0 Å². The molecular formula is C26H19ClN2O3S. The summed E-state index contributed by atoms with van der Waals surface area (Å²) >= 11 is 7.44. The van der Waals surface area contributed by atoms with Gasteiger partial charge in [0.15, 0.2) is 5.13 Å². The second kappa shape index (κ2) is 8.46. The fourth-order valence-corrected chi connectivity index (χ4v) is 5.20. The predicted octanol–water partition coefficient (Wildman–Crippen LogP) is 6.14. The zero-order valence-corrected chi connectivity index (χ0v) is 19.2. The average Bonchev–Trinajstić information content (AvgIpc) is 3.37. The molecule has 1 aliphatic rings. The molecule has 3 aromatic carbocycles. The molecule has 0 saturated carbocycles. The number of nitrogens with zero attached hydrogens (tertiary/aromatic N) is 2. The number of benzene rings is 3. The highest BCUT2D eigenvalue weighted by Crippen LogP contribution is 2.44. The van der Waals surface area contributed by atoms with Gasteiger partial charge in [-0.1, -0.05) is 78.4 Å². The first-order valence-electron chi connectivity index (χ1n) is 10.5. The molecule has 0 unspecified atom stereocenters. The number of ketones is 1. The van der Waals surface area contributed by atoms with Gasteiger partial charge in [0.2, 0.25) is 0 Å². The Labute approximate surface area is 199 Å². The van der Waals surface area contributed by atoms with Crippen molar-refractivity contribution < 1.29 is 14.7 Å². The van der Waals surface area contributed by atoms with E-state index in [9.17, 15) is 14.7 Å². The maximum Gasteiger partial charge on any atom is 0.301 e. The number of anilines is 1. The van der Waals surface area contributed by atoms with Crippen molar-refractivity contribution in [3.8, 4) is 0 Å². The summed E-state index contributed by atoms with van der Waals surface area (Å²) in [6.45, 7) is 2.08. The lowest BCUT2D eigenvalue weighted by Crippen LogP contribution is -2.29. The molecule has 0 radical (unpaired) electrons. The zero-order chi connectivity index (χ0) is 23.1. The number of rotatable bonds is 4. The minimum atomic E-state index is -0.825. The molecule has 2 heterocycles. The number of amides is 1. The van der Waals surface area contributed by atoms with Crippen molar-refractivity contribution in [2.24, 2.45) is 0 Å². The third-order valence-corrected chi connectivity index (χ3v) is 7.00. The molecule has 1 amide bonds. The number of fused-ring (bicyclic) bond motifs is 1. The lowest BCUT2D eigenvalue weighted by atomic mass is 9.95. The first kappa shape index (κ1) is 21.4. The van der Waals surface area contributed by atoms with Crippen molar-refractivity contribution in [2.45, 2.75) is 19.4 Å². The van der Waals surface area contributed by atoms with Crippen LogP contribution in [0.2, 0.25) is 5.02 Å². The van der Waals surface area contributed by atoms with Crippen LogP contribution in [0.15, 0.2) is 78.4 Å². The van der Waals surface area contributed by atoms with Gasteiger partial charge in [-0.05, 0) is 41.8 Å². The number of Topliss-reactive ketones (excluding diaryl/α,β-unsaturated/α-hetero) is 1. The number of aliphatic hydroxyl groups is 1. The van der Waals surface area contributed by atoms with Crippen molar-refractivity contribution in [2.75, 3.05) is 4.90 Å². The van der Waals surface area contributed by atoms with E-state index in [0.29, 0.717) is 21.3 Å². The standard InChI is InChI=1S/C26H19ClN2O3S/c1-2-15-8-13-19-20(14-15)33-26(28-19)29-22(16-9-11-18(27)12-10-16)21(24(31)25(29)32)23(30)17-6-4-3-5-7-17/h3-14,22,30H,2H2,1H3/b23-21+/t22-/m0/s1. The van der Waals surface area contributed by atoms with Gasteiger partial charge in [0, 0.05) is 10.6 Å². The van der Waals surface area contributed by atoms with E-state index in [1.807, 2.05) is 24.3 Å². The maximum atomic E-state index is 13.3. The van der Waals surface area contributed by atoms with Crippen LogP contribution in [-0.4, -0.2) is 21.8 Å². The average molecular weight is 475 g/mol. The highest BCUT2D eigenvalue weighted by molar-refractivity contribution is 7.22. The van der Waals surface area contributed by atoms with Gasteiger partial charge in [-0.3, -0.25) is 14.5 Å². The summed E-state index contributed by atoms with van der Waals surface area (Å²) in [5.74, 6) is -1.68. The number of halogens is 1. The number of aromatic nitrogens is 1. The minimum absolute atomic E-state index is 0.0297. The van der Waals surface area contributed by atoms with Gasteiger partial charge in [0.25, 0.3) is 5.78 Å². The summed E-state index contributed by atoms with van der Waals surface area (Å²) in [5.41, 5.74) is 3.07. The van der Waals surface area contributed by atoms with Crippen LogP contribution in [0.3, 0.4) is 0 Å². The van der Waals surface area contributed by atoms with Gasteiger partial charge < -0.3 is 5.11 Å². The fourth-order valence-electron chi connectivity index (χ4n) is 4.02. The summed E-state index contributed by atoms with van der Waals surface area (Å²) in [4.78, 5) is 32.5. The monoisotopic (exact) mass is 474 g/mol. The second-order valence-electron chi connectivity index (χ2n) is 7.74. The van der Waals surface area contributed by atoms with Crippen molar-refractivity contribution in [3.05, 3.63) is 100 Å². The van der Waals surface area contributed by atoms with Crippen LogP contribution in [0.1, 0.15) is 29.7 Å². The Kier molecular flexibility index (Phi) is 5.48. The molecule has 5 nitrogen and oxygen atoms in total. The number of hydrogen-bond donors (Lipinski definition) is 1. The highest BCUT2D eigenvalue weighted by atomic mass is 35.5. The van der Waals surface area contributed by atoms with E-state index in [0.717, 1.165) is 22.2 Å². The third kappa shape index (κ3) is 3.71. The molecule has 1 saturated heterocycles. The van der Waals surface area contributed by atoms with Crippen LogP contribution in [0.25, 0.3) is 16.0 Å². The van der Waals surface area contributed by atoms with E-state index in [2.05, 4.69) is 11.9 Å². The number of thiazole rings is 1. The molecule has 1 fully saturated rings. The number of carbonyl (C=O) groups is 2. The molecule has 0 aliphatic carbocycles. The van der Waals surface area contributed by atoms with E-state index in [1.54, 1.807) is 48.5 Å². The molecular weight excluding hydrogens is 456 g/mol. The first-order valence-corrected chi connectivity index (χ1v) is 11.7. The van der Waals surface area contributed by atoms with Crippen molar-refractivity contribution >= 4 is 55.7 Å². The van der Waals surface area contributed by atoms with E-state index in [4.69, 9.17) is 11.6 Å². The van der Waals surface area contributed by atoms with Crippen molar-refractivity contribution in [3.63, 3.8) is 0 Å². The van der Waals surface area contributed by atoms with Crippen LogP contribution in [0.5, 0.6) is 0 Å². The molecule has 164 valence electrons. The van der Waals surface area contributed by atoms with Gasteiger partial charge in [-0.2, -0.15) is 0 Å². The minimum Gasteiger partial charge on any atom is -0.507 e. The van der Waals surface area contributed by atoms with E-state index >= 15 is 0 Å². The van der Waals surface area contributed by atoms with Crippen LogP contribution < -0.4 is 4.90 Å². The summed E-state index contributed by atoms with van der Waals surface area (Å²) in [7, 11) is 0. The Balaban J connectivity index is 1.72. The Hall–Kier alpha value is -3.48. The Morgan fingerprint density at radius 3 is 2.48 bits per heavy atom. The summed E-state index contributed by atoms with van der Waals surface area (Å²) in [6.07, 6.45) is 0.884. The van der Waals surface area contributed by atoms with Crippen LogP contribution in [-0.2, 0) is 16.0 Å². The molecule has 0 bridgehead atoms. The van der Waals surface area contributed by atoms with Gasteiger partial charge in [-0.25, -0.2) is 4.98 Å². The Morgan fingerprint density at radius 2 is 1.79 bits per heavy atom. The molecule has 4 aromatic rings. The molecule has 33 heavy (non-hydrogen) atoms. The molecule has 5 rings (SSSR count). The number of aliphatic hydroxyl groups excluding tert-OH is 1. The van der Waals surface area contributed by atoms with Crippen molar-refractivity contribution in [1.82, 2.24) is 4.98 Å². The van der Waals surface area contributed by atoms with Gasteiger partial charge in [0.05, 0.1) is 21.8 Å². The number of carbonyl (C=O) groups excluding carboxylic acids is 2. The molecule has 1 N–H and O–H groups in total. The van der Waals surface area contributed by atoms with Crippen LogP contribution in [0.4, 0.5) is 5.13 Å². The summed E-state index contributed by atoms with van der Waals surface area (Å²) < 4.78 is 0.934. The van der Waals surface area contributed by atoms with Gasteiger partial charge >= 0.3 is 5.91 Å². The molecule has 0 spiro atoms. The van der Waals surface area contributed by atoms with Gasteiger partial charge in [0.1, 0.15) is 5.76 Å². The Morgan fingerprint density at radius 1 is 1.06 bits per heavy atom. The topological polar surface area (TPSA) is 70.5 Å². The summed E-state index contributed by atoms with van der Waals surface area (Å²) in [5, 5.41) is 12.0. The number of aryl methyl sites for hydroxylation is 1. The largest absolute Gasteiger partial charge is 0.507 e. The van der Waals surface area contributed by atoms with Crippen LogP contribution >= 0.6 is 22.9 Å². The van der Waals surface area contributed by atoms with E-state index < -0.39 is 17.7 Å². The maximum absolute atomic E-state index is 13.3. The SMILES string of the molecule is CCc1ccc2nc(N3C(=O)C(=O)/C(=C(/O)c4ccccc4)[C@@H]3c3ccc(Cl)cc3)sc2c1. The second-order valence-corrected chi connectivity index (χ2v) is 9.18.